The molecule has 0 saturated carbocycles. The van der Waals surface area contributed by atoms with Crippen LogP contribution in [0.15, 0.2) is 60.8 Å². The van der Waals surface area contributed by atoms with Crippen molar-refractivity contribution in [3.8, 4) is 5.75 Å². The Morgan fingerprint density at radius 2 is 1.97 bits per heavy atom. The fourth-order valence-electron chi connectivity index (χ4n) is 4.41. The predicted molar refractivity (Wildman–Crippen MR) is 120 cm³/mol. The molecule has 30 heavy (non-hydrogen) atoms. The Balaban J connectivity index is 1.45. The zero-order chi connectivity index (χ0) is 20.9. The Bertz CT molecular complexity index is 997. The largest absolute Gasteiger partial charge is 0.497 e. The van der Waals surface area contributed by atoms with Gasteiger partial charge in [-0.1, -0.05) is 37.3 Å². The van der Waals surface area contributed by atoms with Crippen molar-refractivity contribution in [2.75, 3.05) is 20.2 Å². The highest BCUT2D eigenvalue weighted by molar-refractivity contribution is 6.05. The number of carbonyl (C=O) groups excluding carboxylic acids is 1. The molecule has 5 nitrogen and oxygen atoms in total. The molecule has 156 valence electrons. The van der Waals surface area contributed by atoms with E-state index in [1.54, 1.807) is 13.3 Å². The number of aromatic nitrogens is 1. The van der Waals surface area contributed by atoms with E-state index in [1.165, 1.54) is 18.4 Å². The van der Waals surface area contributed by atoms with E-state index < -0.39 is 0 Å². The standard InChI is InChI=1S/C25H29N3O2/c1-18-6-5-15-28(17-19-10-12-21(30-2)13-11-19)23(18)16-27-25(29)22-9-3-7-20-8-4-14-26-24(20)22/h3-4,7-14,18,23H,5-6,15-17H2,1-2H3,(H,27,29)/t18-,23?/m1/s1. The molecular formula is C25H29N3O2. The number of nitrogens with one attached hydrogen (secondary N) is 1. The molecule has 1 saturated heterocycles. The van der Waals surface area contributed by atoms with Gasteiger partial charge in [-0.3, -0.25) is 14.7 Å². The Morgan fingerprint density at radius 3 is 2.77 bits per heavy atom. The van der Waals surface area contributed by atoms with Crippen molar-refractivity contribution in [3.63, 3.8) is 0 Å². The highest BCUT2D eigenvalue weighted by Gasteiger charge is 2.29. The average Bonchev–Trinajstić information content (AvgIpc) is 2.78. The molecule has 0 bridgehead atoms. The van der Waals surface area contributed by atoms with Gasteiger partial charge < -0.3 is 10.1 Å². The van der Waals surface area contributed by atoms with Crippen molar-refractivity contribution in [1.29, 1.82) is 0 Å². The monoisotopic (exact) mass is 403 g/mol. The van der Waals surface area contributed by atoms with Crippen molar-refractivity contribution < 1.29 is 9.53 Å². The number of piperidine rings is 1. The molecule has 1 aliphatic rings. The minimum absolute atomic E-state index is 0.0542. The number of benzene rings is 2. The fraction of sp³-hybridized carbons (Fsp3) is 0.360. The number of amides is 1. The number of likely N-dealkylation sites (tertiary alicyclic amines) is 1. The zero-order valence-corrected chi connectivity index (χ0v) is 17.7. The van der Waals surface area contributed by atoms with Gasteiger partial charge in [-0.2, -0.15) is 0 Å². The normalized spacial score (nSPS) is 19.5. The molecule has 2 heterocycles. The summed E-state index contributed by atoms with van der Waals surface area (Å²) in [6.07, 6.45) is 4.11. The second-order valence-corrected chi connectivity index (χ2v) is 8.10. The van der Waals surface area contributed by atoms with Gasteiger partial charge in [0.25, 0.3) is 5.91 Å². The molecule has 2 aromatic carbocycles. The average molecular weight is 404 g/mol. The molecule has 1 amide bonds. The SMILES string of the molecule is COc1ccc(CN2CCC[C@@H](C)C2CNC(=O)c2cccc3cccnc23)cc1. The summed E-state index contributed by atoms with van der Waals surface area (Å²) in [5.41, 5.74) is 2.65. The summed E-state index contributed by atoms with van der Waals surface area (Å²) in [6, 6.07) is 18.2. The van der Waals surface area contributed by atoms with E-state index in [2.05, 4.69) is 34.3 Å². The van der Waals surface area contributed by atoms with E-state index in [1.807, 2.05) is 42.5 Å². The van der Waals surface area contributed by atoms with E-state index in [0.717, 1.165) is 29.7 Å². The quantitative estimate of drug-likeness (QED) is 0.668. The molecule has 4 rings (SSSR count). The molecule has 1 unspecified atom stereocenters. The van der Waals surface area contributed by atoms with Crippen LogP contribution in [0.5, 0.6) is 5.75 Å². The van der Waals surface area contributed by atoms with Gasteiger partial charge in [-0.05, 0) is 55.1 Å². The third-order valence-electron chi connectivity index (χ3n) is 6.12. The number of fused-ring (bicyclic) bond motifs is 1. The lowest BCUT2D eigenvalue weighted by molar-refractivity contribution is 0.0801. The number of hydrogen-bond acceptors (Lipinski definition) is 4. The maximum atomic E-state index is 13.0. The first-order valence-corrected chi connectivity index (χ1v) is 10.6. The topological polar surface area (TPSA) is 54.5 Å². The zero-order valence-electron chi connectivity index (χ0n) is 17.7. The number of para-hydroxylation sites is 1. The molecule has 2 atom stereocenters. The van der Waals surface area contributed by atoms with Gasteiger partial charge in [0.15, 0.2) is 0 Å². The Kier molecular flexibility index (Phi) is 6.29. The van der Waals surface area contributed by atoms with Crippen LogP contribution in [0, 0.1) is 5.92 Å². The van der Waals surface area contributed by atoms with Crippen LogP contribution in [-0.2, 0) is 6.54 Å². The number of methoxy groups -OCH3 is 1. The number of carbonyl (C=O) groups is 1. The van der Waals surface area contributed by atoms with Gasteiger partial charge in [-0.25, -0.2) is 0 Å². The number of pyridine rings is 1. The number of hydrogen-bond donors (Lipinski definition) is 1. The van der Waals surface area contributed by atoms with Crippen LogP contribution in [0.3, 0.4) is 0 Å². The first-order chi connectivity index (χ1) is 14.7. The third-order valence-corrected chi connectivity index (χ3v) is 6.12. The van der Waals surface area contributed by atoms with Gasteiger partial charge in [0, 0.05) is 30.7 Å². The maximum Gasteiger partial charge on any atom is 0.253 e. The first-order valence-electron chi connectivity index (χ1n) is 10.6. The van der Waals surface area contributed by atoms with E-state index in [9.17, 15) is 4.79 Å². The summed E-state index contributed by atoms with van der Waals surface area (Å²) in [5, 5.41) is 4.17. The molecular weight excluding hydrogens is 374 g/mol. The number of rotatable bonds is 6. The molecule has 1 N–H and O–H groups in total. The molecule has 1 fully saturated rings. The maximum absolute atomic E-state index is 13.0. The Labute approximate surface area is 178 Å². The molecule has 0 radical (unpaired) electrons. The number of nitrogens with zero attached hydrogens (tertiary/aromatic N) is 2. The van der Waals surface area contributed by atoms with Crippen LogP contribution in [0.2, 0.25) is 0 Å². The van der Waals surface area contributed by atoms with Gasteiger partial charge in [-0.15, -0.1) is 0 Å². The van der Waals surface area contributed by atoms with Crippen molar-refractivity contribution >= 4 is 16.8 Å². The second-order valence-electron chi connectivity index (χ2n) is 8.10. The summed E-state index contributed by atoms with van der Waals surface area (Å²) in [6.45, 7) is 4.85. The van der Waals surface area contributed by atoms with Crippen molar-refractivity contribution in [2.45, 2.75) is 32.4 Å². The fourth-order valence-corrected chi connectivity index (χ4v) is 4.41. The van der Waals surface area contributed by atoms with Crippen LogP contribution in [-0.4, -0.2) is 42.0 Å². The molecule has 1 aliphatic heterocycles. The summed E-state index contributed by atoms with van der Waals surface area (Å²) in [5.74, 6) is 1.35. The molecule has 5 heteroatoms. The van der Waals surface area contributed by atoms with Crippen LogP contribution < -0.4 is 10.1 Å². The Morgan fingerprint density at radius 1 is 1.17 bits per heavy atom. The lowest BCUT2D eigenvalue weighted by Gasteiger charge is -2.40. The highest BCUT2D eigenvalue weighted by atomic mass is 16.5. The van der Waals surface area contributed by atoms with E-state index in [-0.39, 0.29) is 5.91 Å². The highest BCUT2D eigenvalue weighted by Crippen LogP contribution is 2.25. The van der Waals surface area contributed by atoms with E-state index in [4.69, 9.17) is 4.74 Å². The van der Waals surface area contributed by atoms with Crippen molar-refractivity contribution in [2.24, 2.45) is 5.92 Å². The van der Waals surface area contributed by atoms with Crippen LogP contribution in [0.25, 0.3) is 10.9 Å². The van der Waals surface area contributed by atoms with Crippen LogP contribution >= 0.6 is 0 Å². The Hall–Kier alpha value is -2.92. The van der Waals surface area contributed by atoms with Gasteiger partial charge in [0.1, 0.15) is 5.75 Å². The van der Waals surface area contributed by atoms with Gasteiger partial charge in [0.05, 0.1) is 18.2 Å². The third kappa shape index (κ3) is 4.46. The first kappa shape index (κ1) is 20.4. The second kappa shape index (κ2) is 9.26. The van der Waals surface area contributed by atoms with Crippen LogP contribution in [0.4, 0.5) is 0 Å². The van der Waals surface area contributed by atoms with Crippen molar-refractivity contribution in [1.82, 2.24) is 15.2 Å². The van der Waals surface area contributed by atoms with E-state index >= 15 is 0 Å². The minimum atomic E-state index is -0.0542. The number of ether oxygens (including phenoxy) is 1. The summed E-state index contributed by atoms with van der Waals surface area (Å²) in [4.78, 5) is 19.9. The summed E-state index contributed by atoms with van der Waals surface area (Å²) in [7, 11) is 1.69. The smallest absolute Gasteiger partial charge is 0.253 e. The molecule has 1 aromatic heterocycles. The van der Waals surface area contributed by atoms with Gasteiger partial charge >= 0.3 is 0 Å². The van der Waals surface area contributed by atoms with E-state index in [0.29, 0.717) is 24.1 Å². The molecule has 0 spiro atoms. The summed E-state index contributed by atoms with van der Waals surface area (Å²) >= 11 is 0. The summed E-state index contributed by atoms with van der Waals surface area (Å²) < 4.78 is 5.27. The van der Waals surface area contributed by atoms with Gasteiger partial charge in [0.2, 0.25) is 0 Å². The molecule has 3 aromatic rings. The van der Waals surface area contributed by atoms with Crippen molar-refractivity contribution in [3.05, 3.63) is 71.9 Å². The van der Waals surface area contributed by atoms with Crippen LogP contribution in [0.1, 0.15) is 35.7 Å². The lowest BCUT2D eigenvalue weighted by Crippen LogP contribution is -2.50. The lowest BCUT2D eigenvalue weighted by atomic mass is 9.90. The minimum Gasteiger partial charge on any atom is -0.497 e. The predicted octanol–water partition coefficient (Wildman–Crippen LogP) is 4.27. The molecule has 0 aliphatic carbocycles.